The average Bonchev–Trinajstić information content (AvgIpc) is 2.50. The van der Waals surface area contributed by atoms with E-state index < -0.39 is 11.9 Å². The van der Waals surface area contributed by atoms with Gasteiger partial charge in [0.2, 0.25) is 0 Å². The highest BCUT2D eigenvalue weighted by Crippen LogP contribution is 2.23. The Balaban J connectivity index is 1.93. The van der Waals surface area contributed by atoms with Gasteiger partial charge in [0.05, 0.1) is 15.6 Å². The van der Waals surface area contributed by atoms with E-state index in [4.69, 9.17) is 27.9 Å². The van der Waals surface area contributed by atoms with Crippen molar-refractivity contribution in [3.63, 3.8) is 0 Å². The molecule has 4 nitrogen and oxygen atoms in total. The second kappa shape index (κ2) is 7.49. The molecule has 0 aliphatic carbocycles. The first-order valence-electron chi connectivity index (χ1n) is 6.86. The summed E-state index contributed by atoms with van der Waals surface area (Å²) in [6.07, 6.45) is 0. The van der Waals surface area contributed by atoms with E-state index in [0.717, 1.165) is 11.1 Å². The van der Waals surface area contributed by atoms with Crippen molar-refractivity contribution in [1.29, 1.82) is 0 Å². The Kier molecular flexibility index (Phi) is 5.64. The zero-order valence-corrected chi connectivity index (χ0v) is 14.2. The lowest BCUT2D eigenvalue weighted by Crippen LogP contribution is -2.21. The summed E-state index contributed by atoms with van der Waals surface area (Å²) in [4.78, 5) is 23.7. The van der Waals surface area contributed by atoms with Gasteiger partial charge in [-0.15, -0.1) is 0 Å². The summed E-state index contributed by atoms with van der Waals surface area (Å²) < 4.78 is 4.97. The van der Waals surface area contributed by atoms with E-state index >= 15 is 0 Å². The van der Waals surface area contributed by atoms with Crippen LogP contribution in [0.3, 0.4) is 0 Å². The number of ether oxygens (including phenoxy) is 1. The fourth-order valence-electron chi connectivity index (χ4n) is 1.98. The minimum Gasteiger partial charge on any atom is -0.452 e. The van der Waals surface area contributed by atoms with Gasteiger partial charge in [-0.3, -0.25) is 4.79 Å². The number of halogens is 2. The largest absolute Gasteiger partial charge is 0.452 e. The van der Waals surface area contributed by atoms with Crippen LogP contribution in [-0.4, -0.2) is 18.5 Å². The van der Waals surface area contributed by atoms with Crippen molar-refractivity contribution in [1.82, 2.24) is 0 Å². The van der Waals surface area contributed by atoms with Crippen molar-refractivity contribution in [2.75, 3.05) is 11.9 Å². The Morgan fingerprint density at radius 1 is 1.04 bits per heavy atom. The molecule has 0 spiro atoms. The molecular formula is C17H15Cl2NO3. The molecule has 2 aromatic rings. The number of hydrogen-bond acceptors (Lipinski definition) is 3. The van der Waals surface area contributed by atoms with Crippen LogP contribution in [0.2, 0.25) is 10.0 Å². The van der Waals surface area contributed by atoms with Gasteiger partial charge in [-0.05, 0) is 43.7 Å². The van der Waals surface area contributed by atoms with Crippen LogP contribution in [0.1, 0.15) is 21.5 Å². The van der Waals surface area contributed by atoms with E-state index in [1.807, 2.05) is 32.0 Å². The SMILES string of the molecule is Cc1ccc(NC(=O)COC(=O)c2ccc(Cl)c(Cl)c2)c(C)c1. The molecule has 0 saturated heterocycles. The van der Waals surface area contributed by atoms with Crippen molar-refractivity contribution in [2.45, 2.75) is 13.8 Å². The van der Waals surface area contributed by atoms with Crippen LogP contribution < -0.4 is 5.32 Å². The van der Waals surface area contributed by atoms with Gasteiger partial charge >= 0.3 is 5.97 Å². The Hall–Kier alpha value is -2.04. The molecule has 0 aromatic heterocycles. The Morgan fingerprint density at radius 3 is 2.43 bits per heavy atom. The van der Waals surface area contributed by atoms with Gasteiger partial charge < -0.3 is 10.1 Å². The quantitative estimate of drug-likeness (QED) is 0.830. The van der Waals surface area contributed by atoms with Gasteiger partial charge in [0.15, 0.2) is 6.61 Å². The van der Waals surface area contributed by atoms with Crippen LogP contribution in [-0.2, 0) is 9.53 Å². The maximum atomic E-state index is 11.9. The number of hydrogen-bond donors (Lipinski definition) is 1. The first-order valence-corrected chi connectivity index (χ1v) is 7.61. The zero-order valence-electron chi connectivity index (χ0n) is 12.7. The van der Waals surface area contributed by atoms with Crippen LogP contribution in [0.5, 0.6) is 0 Å². The number of anilines is 1. The Labute approximate surface area is 144 Å². The molecule has 0 unspecified atom stereocenters. The smallest absolute Gasteiger partial charge is 0.338 e. The molecule has 120 valence electrons. The summed E-state index contributed by atoms with van der Waals surface area (Å²) >= 11 is 11.6. The third-order valence-corrected chi connectivity index (χ3v) is 3.88. The molecule has 0 aliphatic rings. The number of carbonyl (C=O) groups excluding carboxylic acids is 2. The number of nitrogens with one attached hydrogen (secondary N) is 1. The minimum atomic E-state index is -0.639. The number of rotatable bonds is 4. The molecule has 1 amide bonds. The first kappa shape index (κ1) is 17.3. The summed E-state index contributed by atoms with van der Waals surface area (Å²) in [5.74, 6) is -1.05. The van der Waals surface area contributed by atoms with E-state index in [1.54, 1.807) is 0 Å². The maximum absolute atomic E-state index is 11.9. The minimum absolute atomic E-state index is 0.235. The molecule has 23 heavy (non-hydrogen) atoms. The van der Waals surface area contributed by atoms with E-state index in [-0.39, 0.29) is 17.2 Å². The summed E-state index contributed by atoms with van der Waals surface area (Å²) in [5.41, 5.74) is 2.96. The van der Waals surface area contributed by atoms with Gasteiger partial charge in [-0.1, -0.05) is 40.9 Å². The molecule has 0 radical (unpaired) electrons. The second-order valence-electron chi connectivity index (χ2n) is 5.07. The lowest BCUT2D eigenvalue weighted by atomic mass is 10.1. The first-order chi connectivity index (χ1) is 10.9. The van der Waals surface area contributed by atoms with E-state index in [2.05, 4.69) is 5.32 Å². The van der Waals surface area contributed by atoms with Gasteiger partial charge in [-0.2, -0.15) is 0 Å². The van der Waals surface area contributed by atoms with E-state index in [0.29, 0.717) is 10.7 Å². The maximum Gasteiger partial charge on any atom is 0.338 e. The summed E-state index contributed by atoms with van der Waals surface area (Å²) in [7, 11) is 0. The normalized spacial score (nSPS) is 10.3. The lowest BCUT2D eigenvalue weighted by Gasteiger charge is -2.10. The predicted octanol–water partition coefficient (Wildman–Crippen LogP) is 4.41. The third kappa shape index (κ3) is 4.71. The van der Waals surface area contributed by atoms with Gasteiger partial charge in [-0.25, -0.2) is 4.79 Å². The summed E-state index contributed by atoms with van der Waals surface area (Å²) in [6, 6.07) is 10.0. The molecule has 1 N–H and O–H groups in total. The van der Waals surface area contributed by atoms with Gasteiger partial charge in [0, 0.05) is 5.69 Å². The number of carbonyl (C=O) groups is 2. The fourth-order valence-corrected chi connectivity index (χ4v) is 2.28. The van der Waals surface area contributed by atoms with Gasteiger partial charge in [0.1, 0.15) is 0 Å². The molecule has 0 heterocycles. The standard InChI is InChI=1S/C17H15Cl2NO3/c1-10-3-6-15(11(2)7-10)20-16(21)9-23-17(22)12-4-5-13(18)14(19)8-12/h3-8H,9H2,1-2H3,(H,20,21). The van der Waals surface area contributed by atoms with Crippen LogP contribution in [0, 0.1) is 13.8 Å². The van der Waals surface area contributed by atoms with Crippen LogP contribution >= 0.6 is 23.2 Å². The number of amides is 1. The topological polar surface area (TPSA) is 55.4 Å². The number of esters is 1. The highest BCUT2D eigenvalue weighted by Gasteiger charge is 2.12. The molecule has 2 rings (SSSR count). The molecule has 2 aromatic carbocycles. The van der Waals surface area contributed by atoms with Crippen molar-refractivity contribution >= 4 is 40.8 Å². The summed E-state index contributed by atoms with van der Waals surface area (Å²) in [6.45, 7) is 3.48. The fraction of sp³-hybridized carbons (Fsp3) is 0.176. The van der Waals surface area contributed by atoms with Crippen LogP contribution in [0.15, 0.2) is 36.4 Å². The molecule has 0 saturated carbocycles. The van der Waals surface area contributed by atoms with E-state index in [9.17, 15) is 9.59 Å². The zero-order chi connectivity index (χ0) is 17.0. The lowest BCUT2D eigenvalue weighted by molar-refractivity contribution is -0.119. The Bertz CT molecular complexity index is 759. The molecule has 0 fully saturated rings. The molecular weight excluding hydrogens is 337 g/mol. The van der Waals surface area contributed by atoms with Crippen molar-refractivity contribution < 1.29 is 14.3 Å². The Morgan fingerprint density at radius 2 is 1.78 bits per heavy atom. The number of benzene rings is 2. The average molecular weight is 352 g/mol. The third-order valence-electron chi connectivity index (χ3n) is 3.15. The molecule has 6 heteroatoms. The summed E-state index contributed by atoms with van der Waals surface area (Å²) in [5, 5.41) is 3.30. The molecule has 0 bridgehead atoms. The molecule has 0 atom stereocenters. The predicted molar refractivity (Wildman–Crippen MR) is 91.3 cm³/mol. The highest BCUT2D eigenvalue weighted by molar-refractivity contribution is 6.42. The van der Waals surface area contributed by atoms with Gasteiger partial charge in [0.25, 0.3) is 5.91 Å². The monoisotopic (exact) mass is 351 g/mol. The highest BCUT2D eigenvalue weighted by atomic mass is 35.5. The van der Waals surface area contributed by atoms with Crippen molar-refractivity contribution in [3.05, 3.63) is 63.1 Å². The van der Waals surface area contributed by atoms with Crippen LogP contribution in [0.25, 0.3) is 0 Å². The van der Waals surface area contributed by atoms with E-state index in [1.165, 1.54) is 18.2 Å². The second-order valence-corrected chi connectivity index (χ2v) is 5.89. The van der Waals surface area contributed by atoms with Crippen LogP contribution in [0.4, 0.5) is 5.69 Å². The number of aryl methyl sites for hydroxylation is 2. The molecule has 0 aliphatic heterocycles. The van der Waals surface area contributed by atoms with Crippen molar-refractivity contribution in [3.8, 4) is 0 Å². The van der Waals surface area contributed by atoms with Crippen molar-refractivity contribution in [2.24, 2.45) is 0 Å².